The predicted octanol–water partition coefficient (Wildman–Crippen LogP) is 3.10. The average molecular weight is 225 g/mol. The highest BCUT2D eigenvalue weighted by atomic mass is 16.5. The molecule has 3 atom stereocenters. The molecule has 2 N–H and O–H groups in total. The van der Waals surface area contributed by atoms with Crippen LogP contribution in [0.4, 0.5) is 0 Å². The number of ether oxygens (including phenoxy) is 1. The summed E-state index contributed by atoms with van der Waals surface area (Å²) < 4.78 is 5.83. The molecule has 2 fully saturated rings. The van der Waals surface area contributed by atoms with Crippen LogP contribution in [0.1, 0.15) is 57.8 Å². The highest BCUT2D eigenvalue weighted by molar-refractivity contribution is 4.77. The molecule has 2 nitrogen and oxygen atoms in total. The number of hydrogen-bond donors (Lipinski definition) is 1. The van der Waals surface area contributed by atoms with E-state index in [1.807, 2.05) is 0 Å². The van der Waals surface area contributed by atoms with Gasteiger partial charge in [0.05, 0.1) is 6.10 Å². The molecule has 1 aliphatic heterocycles. The van der Waals surface area contributed by atoms with Crippen molar-refractivity contribution in [2.45, 2.75) is 63.9 Å². The van der Waals surface area contributed by atoms with Gasteiger partial charge in [0, 0.05) is 13.2 Å². The quantitative estimate of drug-likeness (QED) is 0.744. The molecule has 0 radical (unpaired) electrons. The molecule has 2 heteroatoms. The lowest BCUT2D eigenvalue weighted by molar-refractivity contribution is 0.0127. The van der Waals surface area contributed by atoms with Crippen LogP contribution in [0.3, 0.4) is 0 Å². The van der Waals surface area contributed by atoms with Crippen molar-refractivity contribution in [2.24, 2.45) is 17.6 Å². The second-order valence-electron chi connectivity index (χ2n) is 5.61. The maximum absolute atomic E-state index is 5.83. The van der Waals surface area contributed by atoms with Gasteiger partial charge >= 0.3 is 0 Å². The zero-order valence-electron chi connectivity index (χ0n) is 10.5. The molecule has 0 amide bonds. The zero-order valence-corrected chi connectivity index (χ0v) is 10.5. The first kappa shape index (κ1) is 12.4. The smallest absolute Gasteiger partial charge is 0.0697 e. The molecule has 1 aliphatic carbocycles. The van der Waals surface area contributed by atoms with Gasteiger partial charge in [0.1, 0.15) is 0 Å². The van der Waals surface area contributed by atoms with Gasteiger partial charge in [0.25, 0.3) is 0 Å². The van der Waals surface area contributed by atoms with Crippen molar-refractivity contribution in [3.05, 3.63) is 0 Å². The third-order valence-corrected chi connectivity index (χ3v) is 4.53. The van der Waals surface area contributed by atoms with Crippen molar-refractivity contribution in [1.82, 2.24) is 0 Å². The van der Waals surface area contributed by atoms with Crippen LogP contribution in [0.2, 0.25) is 0 Å². The molecule has 0 aromatic rings. The maximum atomic E-state index is 5.83. The second-order valence-corrected chi connectivity index (χ2v) is 5.61. The summed E-state index contributed by atoms with van der Waals surface area (Å²) in [4.78, 5) is 0. The van der Waals surface area contributed by atoms with Gasteiger partial charge in [-0.15, -0.1) is 0 Å². The van der Waals surface area contributed by atoms with E-state index in [1.54, 1.807) is 0 Å². The Bertz CT molecular complexity index is 195. The zero-order chi connectivity index (χ0) is 11.2. The molecule has 1 heterocycles. The number of rotatable bonds is 1. The molecule has 3 unspecified atom stereocenters. The van der Waals surface area contributed by atoms with Crippen LogP contribution < -0.4 is 5.73 Å². The maximum Gasteiger partial charge on any atom is 0.0697 e. The molecule has 94 valence electrons. The number of fused-ring (bicyclic) bond motifs is 1. The van der Waals surface area contributed by atoms with Gasteiger partial charge in [-0.3, -0.25) is 0 Å². The van der Waals surface area contributed by atoms with E-state index >= 15 is 0 Å². The average Bonchev–Trinajstić information content (AvgIpc) is 2.25. The van der Waals surface area contributed by atoms with E-state index in [2.05, 4.69) is 0 Å². The first-order valence-corrected chi connectivity index (χ1v) is 7.22. The highest BCUT2D eigenvalue weighted by Crippen LogP contribution is 2.35. The lowest BCUT2D eigenvalue weighted by Gasteiger charge is -2.33. The van der Waals surface area contributed by atoms with Crippen LogP contribution >= 0.6 is 0 Å². The first-order valence-electron chi connectivity index (χ1n) is 7.22. The SMILES string of the molecule is NCC1CCC2CCCCCCC2CCO1. The van der Waals surface area contributed by atoms with Crippen LogP contribution in [-0.4, -0.2) is 19.3 Å². The Hall–Kier alpha value is -0.0800. The van der Waals surface area contributed by atoms with E-state index in [1.165, 1.54) is 57.8 Å². The van der Waals surface area contributed by atoms with Crippen LogP contribution in [0, 0.1) is 11.8 Å². The predicted molar refractivity (Wildman–Crippen MR) is 67.3 cm³/mol. The molecule has 0 aromatic heterocycles. The minimum absolute atomic E-state index is 0.339. The third-order valence-electron chi connectivity index (χ3n) is 4.53. The molecule has 1 saturated carbocycles. The van der Waals surface area contributed by atoms with E-state index in [-0.39, 0.29) is 0 Å². The topological polar surface area (TPSA) is 35.2 Å². The fourth-order valence-corrected chi connectivity index (χ4v) is 3.45. The summed E-state index contributed by atoms with van der Waals surface area (Å²) in [5, 5.41) is 0. The minimum atomic E-state index is 0.339. The standard InChI is InChI=1S/C14H27NO/c15-11-14-8-7-12-5-3-1-2-4-6-13(12)9-10-16-14/h12-14H,1-11,15H2. The van der Waals surface area contributed by atoms with E-state index in [4.69, 9.17) is 10.5 Å². The van der Waals surface area contributed by atoms with Crippen LogP contribution in [0.5, 0.6) is 0 Å². The summed E-state index contributed by atoms with van der Waals surface area (Å²) in [6, 6.07) is 0. The van der Waals surface area contributed by atoms with E-state index in [0.717, 1.165) is 18.4 Å². The van der Waals surface area contributed by atoms with Crippen LogP contribution in [0.15, 0.2) is 0 Å². The largest absolute Gasteiger partial charge is 0.377 e. The van der Waals surface area contributed by atoms with Crippen molar-refractivity contribution in [1.29, 1.82) is 0 Å². The molecule has 0 spiro atoms. The Morgan fingerprint density at radius 2 is 1.50 bits per heavy atom. The normalized spacial score (nSPS) is 37.7. The van der Waals surface area contributed by atoms with Crippen molar-refractivity contribution in [3.8, 4) is 0 Å². The van der Waals surface area contributed by atoms with Gasteiger partial charge in [-0.2, -0.15) is 0 Å². The van der Waals surface area contributed by atoms with Crippen molar-refractivity contribution < 1.29 is 4.74 Å². The molecule has 0 aromatic carbocycles. The second kappa shape index (κ2) is 6.61. The molecule has 16 heavy (non-hydrogen) atoms. The van der Waals surface area contributed by atoms with Gasteiger partial charge in [-0.25, -0.2) is 0 Å². The minimum Gasteiger partial charge on any atom is -0.377 e. The fraction of sp³-hybridized carbons (Fsp3) is 1.00. The van der Waals surface area contributed by atoms with E-state index in [9.17, 15) is 0 Å². The Morgan fingerprint density at radius 1 is 0.812 bits per heavy atom. The van der Waals surface area contributed by atoms with Gasteiger partial charge in [0.15, 0.2) is 0 Å². The molecule has 1 saturated heterocycles. The summed E-state index contributed by atoms with van der Waals surface area (Å²) in [5.41, 5.74) is 5.72. The number of nitrogens with two attached hydrogens (primary N) is 1. The summed E-state index contributed by atoms with van der Waals surface area (Å²) >= 11 is 0. The van der Waals surface area contributed by atoms with Crippen LogP contribution in [-0.2, 0) is 4.74 Å². The fourth-order valence-electron chi connectivity index (χ4n) is 3.45. The lowest BCUT2D eigenvalue weighted by Crippen LogP contribution is -2.30. The van der Waals surface area contributed by atoms with E-state index in [0.29, 0.717) is 12.6 Å². The Balaban J connectivity index is 1.89. The molecular weight excluding hydrogens is 198 g/mol. The third kappa shape index (κ3) is 3.46. The van der Waals surface area contributed by atoms with Crippen molar-refractivity contribution >= 4 is 0 Å². The Kier molecular flexibility index (Phi) is 5.11. The summed E-state index contributed by atoms with van der Waals surface area (Å²) in [6.45, 7) is 1.65. The lowest BCUT2D eigenvalue weighted by atomic mass is 9.77. The molecule has 2 aliphatic rings. The Morgan fingerprint density at radius 3 is 2.19 bits per heavy atom. The monoisotopic (exact) mass is 225 g/mol. The molecular formula is C14H27NO. The summed E-state index contributed by atoms with van der Waals surface area (Å²) in [7, 11) is 0. The van der Waals surface area contributed by atoms with Gasteiger partial charge in [0.2, 0.25) is 0 Å². The molecule has 0 bridgehead atoms. The van der Waals surface area contributed by atoms with Crippen LogP contribution in [0.25, 0.3) is 0 Å². The summed E-state index contributed by atoms with van der Waals surface area (Å²) in [5.74, 6) is 1.91. The number of hydrogen-bond acceptors (Lipinski definition) is 2. The van der Waals surface area contributed by atoms with Gasteiger partial charge < -0.3 is 10.5 Å². The van der Waals surface area contributed by atoms with Gasteiger partial charge in [-0.1, -0.05) is 38.5 Å². The molecule has 2 rings (SSSR count). The first-order chi connectivity index (χ1) is 7.90. The highest BCUT2D eigenvalue weighted by Gasteiger charge is 2.25. The van der Waals surface area contributed by atoms with Crippen molar-refractivity contribution in [3.63, 3.8) is 0 Å². The van der Waals surface area contributed by atoms with Crippen molar-refractivity contribution in [2.75, 3.05) is 13.2 Å². The van der Waals surface area contributed by atoms with E-state index < -0.39 is 0 Å². The Labute approximate surface area is 99.9 Å². The summed E-state index contributed by atoms with van der Waals surface area (Å²) in [6.07, 6.45) is 12.9. The van der Waals surface area contributed by atoms with Gasteiger partial charge in [-0.05, 0) is 31.1 Å².